The number of carboxylic acids is 1. The second kappa shape index (κ2) is 3.97. The molecule has 0 spiro atoms. The largest absolute Gasteiger partial charge is 0.549 e. The average Bonchev–Trinajstić information content (AvgIpc) is 2.69. The Bertz CT molecular complexity index is 364. The molecule has 1 saturated carbocycles. The van der Waals surface area contributed by atoms with Crippen molar-refractivity contribution in [1.29, 1.82) is 0 Å². The molecule has 0 radical (unpaired) electrons. The van der Waals surface area contributed by atoms with Crippen LogP contribution in [0, 0.1) is 0 Å². The second-order valence-electron chi connectivity index (χ2n) is 4.08. The van der Waals surface area contributed by atoms with Crippen LogP contribution in [0.2, 0.25) is 0 Å². The number of aliphatic carboxylic acids is 1. The van der Waals surface area contributed by atoms with Gasteiger partial charge in [0, 0.05) is 9.89 Å². The molecule has 1 aliphatic rings. The maximum atomic E-state index is 11.3. The Labute approximate surface area is 97.4 Å². The van der Waals surface area contributed by atoms with E-state index < -0.39 is 11.4 Å². The number of benzene rings is 1. The highest BCUT2D eigenvalue weighted by Gasteiger charge is 2.36. The number of rotatable bonds is 2. The number of carboxylic acid groups (broad SMARTS) is 1. The van der Waals surface area contributed by atoms with Crippen molar-refractivity contribution in [3.63, 3.8) is 0 Å². The summed E-state index contributed by atoms with van der Waals surface area (Å²) >= 11 is 3.35. The third kappa shape index (κ3) is 1.81. The molecular formula is C12H12BrO2-. The van der Waals surface area contributed by atoms with Crippen LogP contribution in [-0.2, 0) is 10.2 Å². The molecule has 0 atom stereocenters. The summed E-state index contributed by atoms with van der Waals surface area (Å²) in [5.41, 5.74) is 0.143. The first-order valence-electron chi connectivity index (χ1n) is 5.13. The van der Waals surface area contributed by atoms with Crippen molar-refractivity contribution >= 4 is 21.9 Å². The van der Waals surface area contributed by atoms with Crippen LogP contribution in [0.1, 0.15) is 31.2 Å². The van der Waals surface area contributed by atoms with E-state index in [1.54, 1.807) is 0 Å². The molecule has 3 heteroatoms. The fourth-order valence-electron chi connectivity index (χ4n) is 2.36. The van der Waals surface area contributed by atoms with E-state index in [-0.39, 0.29) is 0 Å². The zero-order chi connectivity index (χ0) is 10.9. The summed E-state index contributed by atoms with van der Waals surface area (Å²) in [4.78, 5) is 11.3. The molecule has 0 aliphatic heterocycles. The first kappa shape index (κ1) is 10.7. The fourth-order valence-corrected chi connectivity index (χ4v) is 2.62. The smallest absolute Gasteiger partial charge is 0.0520 e. The molecule has 0 amide bonds. The molecule has 2 rings (SSSR count). The van der Waals surface area contributed by atoms with Gasteiger partial charge in [0.1, 0.15) is 0 Å². The predicted molar refractivity (Wildman–Crippen MR) is 59.3 cm³/mol. The molecule has 1 aromatic carbocycles. The molecule has 1 fully saturated rings. The fraction of sp³-hybridized carbons (Fsp3) is 0.417. The van der Waals surface area contributed by atoms with E-state index in [4.69, 9.17) is 0 Å². The van der Waals surface area contributed by atoms with Gasteiger partial charge in [-0.2, -0.15) is 0 Å². The normalized spacial score (nSPS) is 19.0. The van der Waals surface area contributed by atoms with Crippen LogP contribution >= 0.6 is 15.9 Å². The van der Waals surface area contributed by atoms with Gasteiger partial charge in [-0.1, -0.05) is 40.9 Å². The Kier molecular flexibility index (Phi) is 2.83. The summed E-state index contributed by atoms with van der Waals surface area (Å²) < 4.78 is 0.970. The lowest BCUT2D eigenvalue weighted by Crippen LogP contribution is -2.43. The Morgan fingerprint density at radius 2 is 1.73 bits per heavy atom. The van der Waals surface area contributed by atoms with Crippen molar-refractivity contribution in [3.8, 4) is 0 Å². The summed E-state index contributed by atoms with van der Waals surface area (Å²) in [5, 5.41) is 11.3. The van der Waals surface area contributed by atoms with Gasteiger partial charge in [-0.05, 0) is 30.5 Å². The van der Waals surface area contributed by atoms with Crippen LogP contribution in [0.4, 0.5) is 0 Å². The Hall–Kier alpha value is -0.830. The van der Waals surface area contributed by atoms with Crippen molar-refractivity contribution in [1.82, 2.24) is 0 Å². The Morgan fingerprint density at radius 1 is 1.20 bits per heavy atom. The summed E-state index contributed by atoms with van der Waals surface area (Å²) in [5.74, 6) is -0.928. The molecule has 1 aromatic rings. The lowest BCUT2D eigenvalue weighted by Gasteiger charge is -2.30. The minimum absolute atomic E-state index is 0.705. The van der Waals surface area contributed by atoms with E-state index in [9.17, 15) is 9.90 Å². The highest BCUT2D eigenvalue weighted by atomic mass is 79.9. The van der Waals surface area contributed by atoms with Crippen LogP contribution in [-0.4, -0.2) is 5.97 Å². The van der Waals surface area contributed by atoms with Crippen LogP contribution in [0.25, 0.3) is 0 Å². The number of hydrogen-bond acceptors (Lipinski definition) is 2. The monoisotopic (exact) mass is 267 g/mol. The molecule has 0 bridgehead atoms. The Balaban J connectivity index is 2.41. The van der Waals surface area contributed by atoms with Gasteiger partial charge in [0.2, 0.25) is 0 Å². The zero-order valence-corrected chi connectivity index (χ0v) is 9.92. The molecule has 0 aromatic heterocycles. The summed E-state index contributed by atoms with van der Waals surface area (Å²) in [6, 6.07) is 7.53. The minimum Gasteiger partial charge on any atom is -0.549 e. The third-order valence-electron chi connectivity index (χ3n) is 3.24. The van der Waals surface area contributed by atoms with Gasteiger partial charge in [-0.25, -0.2) is 0 Å². The van der Waals surface area contributed by atoms with E-state index in [0.29, 0.717) is 12.8 Å². The molecule has 0 saturated heterocycles. The molecule has 80 valence electrons. The van der Waals surface area contributed by atoms with Crippen molar-refractivity contribution in [2.75, 3.05) is 0 Å². The highest BCUT2D eigenvalue weighted by molar-refractivity contribution is 9.10. The molecule has 1 aliphatic carbocycles. The van der Waals surface area contributed by atoms with Gasteiger partial charge in [0.15, 0.2) is 0 Å². The zero-order valence-electron chi connectivity index (χ0n) is 8.33. The molecule has 0 heterocycles. The van der Waals surface area contributed by atoms with Gasteiger partial charge < -0.3 is 9.90 Å². The number of hydrogen-bond donors (Lipinski definition) is 0. The number of halogens is 1. The third-order valence-corrected chi connectivity index (χ3v) is 3.77. The first-order valence-corrected chi connectivity index (χ1v) is 5.92. The topological polar surface area (TPSA) is 40.1 Å². The average molecular weight is 268 g/mol. The Morgan fingerprint density at radius 3 is 2.20 bits per heavy atom. The lowest BCUT2D eigenvalue weighted by atomic mass is 9.79. The molecule has 2 nitrogen and oxygen atoms in total. The number of carbonyl (C=O) groups excluding carboxylic acids is 1. The molecule has 15 heavy (non-hydrogen) atoms. The molecular weight excluding hydrogens is 256 g/mol. The van der Waals surface area contributed by atoms with Crippen molar-refractivity contribution in [2.24, 2.45) is 0 Å². The predicted octanol–water partition coefficient (Wildman–Crippen LogP) is 2.01. The van der Waals surface area contributed by atoms with Crippen molar-refractivity contribution in [3.05, 3.63) is 34.3 Å². The summed E-state index contributed by atoms with van der Waals surface area (Å²) in [7, 11) is 0. The molecule has 0 N–H and O–H groups in total. The van der Waals surface area contributed by atoms with Crippen molar-refractivity contribution < 1.29 is 9.90 Å². The van der Waals surface area contributed by atoms with Crippen molar-refractivity contribution in [2.45, 2.75) is 31.1 Å². The second-order valence-corrected chi connectivity index (χ2v) is 5.00. The summed E-state index contributed by atoms with van der Waals surface area (Å²) in [6.45, 7) is 0. The van der Waals surface area contributed by atoms with E-state index in [1.807, 2.05) is 24.3 Å². The maximum Gasteiger partial charge on any atom is 0.0520 e. The van der Waals surface area contributed by atoms with E-state index in [0.717, 1.165) is 22.9 Å². The molecule has 0 unspecified atom stereocenters. The van der Waals surface area contributed by atoms with E-state index in [1.165, 1.54) is 0 Å². The highest BCUT2D eigenvalue weighted by Crippen LogP contribution is 2.40. The lowest BCUT2D eigenvalue weighted by molar-refractivity contribution is -0.313. The van der Waals surface area contributed by atoms with Crippen LogP contribution in [0.5, 0.6) is 0 Å². The van der Waals surface area contributed by atoms with Crippen LogP contribution in [0.15, 0.2) is 28.7 Å². The maximum absolute atomic E-state index is 11.3. The van der Waals surface area contributed by atoms with E-state index in [2.05, 4.69) is 15.9 Å². The first-order chi connectivity index (χ1) is 7.15. The van der Waals surface area contributed by atoms with Gasteiger partial charge >= 0.3 is 0 Å². The van der Waals surface area contributed by atoms with Gasteiger partial charge in [-0.15, -0.1) is 0 Å². The van der Waals surface area contributed by atoms with Gasteiger partial charge in [0.05, 0.1) is 5.97 Å². The van der Waals surface area contributed by atoms with Crippen LogP contribution in [0.3, 0.4) is 0 Å². The van der Waals surface area contributed by atoms with E-state index >= 15 is 0 Å². The van der Waals surface area contributed by atoms with Gasteiger partial charge in [-0.3, -0.25) is 0 Å². The van der Waals surface area contributed by atoms with Gasteiger partial charge in [0.25, 0.3) is 0 Å². The quantitative estimate of drug-likeness (QED) is 0.823. The minimum atomic E-state index is -0.928. The number of carbonyl (C=O) groups is 1. The SMILES string of the molecule is O=C([O-])C1(c2ccc(Br)cc2)CCCC1. The standard InChI is InChI=1S/C12H13BrO2/c13-10-5-3-9(4-6-10)12(11(14)15)7-1-2-8-12/h3-6H,1-2,7-8H2,(H,14,15)/p-1. The van der Waals surface area contributed by atoms with Crippen LogP contribution < -0.4 is 5.11 Å². The summed E-state index contributed by atoms with van der Waals surface area (Å²) in [6.07, 6.45) is 3.36.